The van der Waals surface area contributed by atoms with Gasteiger partial charge in [-0.2, -0.15) is 0 Å². The number of nitrogen functional groups attached to an aromatic ring is 1. The van der Waals surface area contributed by atoms with Gasteiger partial charge in [0, 0.05) is 23.6 Å². The van der Waals surface area contributed by atoms with Gasteiger partial charge in [-0.05, 0) is 36.2 Å². The highest BCUT2D eigenvalue weighted by molar-refractivity contribution is 5.86. The fraction of sp³-hybridized carbons (Fsp3) is 0.118. The summed E-state index contributed by atoms with van der Waals surface area (Å²) in [5.41, 5.74) is 10.6. The molecule has 0 unspecified atom stereocenters. The highest BCUT2D eigenvalue weighted by Gasteiger charge is 2.06. The van der Waals surface area contributed by atoms with Crippen LogP contribution in [0.4, 0.5) is 11.6 Å². The molecule has 0 aliphatic carbocycles. The van der Waals surface area contributed by atoms with Gasteiger partial charge in [0.1, 0.15) is 17.2 Å². The van der Waals surface area contributed by atoms with Gasteiger partial charge in [0.25, 0.3) is 0 Å². The van der Waals surface area contributed by atoms with Gasteiger partial charge in [-0.3, -0.25) is 0 Å². The Balaban J connectivity index is 1.64. The molecule has 3 heterocycles. The number of aromatic amines is 1. The average Bonchev–Trinajstić information content (AvgIpc) is 2.94. The van der Waals surface area contributed by atoms with E-state index >= 15 is 0 Å². The van der Waals surface area contributed by atoms with Crippen LogP contribution in [0.2, 0.25) is 0 Å². The quantitative estimate of drug-likeness (QED) is 0.541. The second-order valence-electron chi connectivity index (χ2n) is 5.50. The normalized spacial score (nSPS) is 11.2. The molecule has 23 heavy (non-hydrogen) atoms. The molecule has 0 bridgehead atoms. The zero-order valence-corrected chi connectivity index (χ0v) is 12.7. The summed E-state index contributed by atoms with van der Waals surface area (Å²) in [6.07, 6.45) is 3.74. The van der Waals surface area contributed by atoms with Gasteiger partial charge in [0.15, 0.2) is 5.65 Å². The lowest BCUT2D eigenvalue weighted by molar-refractivity contribution is 1.11. The van der Waals surface area contributed by atoms with Gasteiger partial charge in [0.05, 0.1) is 6.20 Å². The van der Waals surface area contributed by atoms with Crippen LogP contribution in [-0.4, -0.2) is 19.9 Å². The minimum absolute atomic E-state index is 0.441. The first-order valence-corrected chi connectivity index (χ1v) is 7.39. The molecule has 0 atom stereocenters. The van der Waals surface area contributed by atoms with E-state index in [9.17, 15) is 0 Å². The van der Waals surface area contributed by atoms with Crippen LogP contribution in [0.1, 0.15) is 11.1 Å². The smallest absolute Gasteiger partial charge is 0.182 e. The summed E-state index contributed by atoms with van der Waals surface area (Å²) in [6.45, 7) is 2.77. The molecule has 0 spiro atoms. The topological polar surface area (TPSA) is 92.5 Å². The number of nitrogens with one attached hydrogen (secondary N) is 2. The molecule has 6 heteroatoms. The van der Waals surface area contributed by atoms with E-state index in [2.05, 4.69) is 44.3 Å². The molecule has 0 aliphatic heterocycles. The SMILES string of the molecule is Cc1c[nH]c2cccc(CNc3cnc4ccc(N)nc4n3)c12. The van der Waals surface area contributed by atoms with Crippen LogP contribution in [0, 0.1) is 6.92 Å². The van der Waals surface area contributed by atoms with E-state index in [4.69, 9.17) is 5.73 Å². The molecule has 0 saturated carbocycles. The van der Waals surface area contributed by atoms with Crippen LogP contribution in [0.25, 0.3) is 22.1 Å². The second-order valence-corrected chi connectivity index (χ2v) is 5.50. The molecule has 114 valence electrons. The van der Waals surface area contributed by atoms with E-state index in [1.165, 1.54) is 16.5 Å². The Bertz CT molecular complexity index is 1000. The number of anilines is 2. The van der Waals surface area contributed by atoms with Crippen LogP contribution in [0.5, 0.6) is 0 Å². The monoisotopic (exact) mass is 304 g/mol. The number of benzene rings is 1. The zero-order chi connectivity index (χ0) is 15.8. The maximum Gasteiger partial charge on any atom is 0.182 e. The lowest BCUT2D eigenvalue weighted by Gasteiger charge is -2.08. The van der Waals surface area contributed by atoms with Crippen LogP contribution >= 0.6 is 0 Å². The summed E-state index contributed by atoms with van der Waals surface area (Å²) >= 11 is 0. The minimum atomic E-state index is 0.441. The molecule has 1 aromatic carbocycles. The van der Waals surface area contributed by atoms with Crippen molar-refractivity contribution in [1.29, 1.82) is 0 Å². The highest BCUT2D eigenvalue weighted by Crippen LogP contribution is 2.22. The minimum Gasteiger partial charge on any atom is -0.384 e. The number of hydrogen-bond acceptors (Lipinski definition) is 5. The first-order chi connectivity index (χ1) is 11.2. The zero-order valence-electron chi connectivity index (χ0n) is 12.7. The van der Waals surface area contributed by atoms with E-state index in [0.717, 1.165) is 11.0 Å². The van der Waals surface area contributed by atoms with E-state index in [-0.39, 0.29) is 0 Å². The van der Waals surface area contributed by atoms with Crippen molar-refractivity contribution < 1.29 is 0 Å². The van der Waals surface area contributed by atoms with Crippen LogP contribution in [-0.2, 0) is 6.54 Å². The van der Waals surface area contributed by atoms with Gasteiger partial charge >= 0.3 is 0 Å². The number of pyridine rings is 1. The first kappa shape index (κ1) is 13.5. The number of nitrogens with zero attached hydrogens (tertiary/aromatic N) is 3. The predicted octanol–water partition coefficient (Wildman–Crippen LogP) is 3.01. The van der Waals surface area contributed by atoms with E-state index in [0.29, 0.717) is 23.8 Å². The summed E-state index contributed by atoms with van der Waals surface area (Å²) in [7, 11) is 0. The predicted molar refractivity (Wildman–Crippen MR) is 92.1 cm³/mol. The van der Waals surface area contributed by atoms with Crippen molar-refractivity contribution in [1.82, 2.24) is 19.9 Å². The maximum absolute atomic E-state index is 5.70. The molecule has 0 saturated heterocycles. The Labute approximate surface area is 132 Å². The molecule has 0 radical (unpaired) electrons. The molecule has 0 aliphatic rings. The van der Waals surface area contributed by atoms with Crippen LogP contribution < -0.4 is 11.1 Å². The fourth-order valence-corrected chi connectivity index (χ4v) is 2.77. The van der Waals surface area contributed by atoms with Gasteiger partial charge in [-0.15, -0.1) is 0 Å². The number of aromatic nitrogens is 4. The van der Waals surface area contributed by atoms with Crippen molar-refractivity contribution in [3.05, 3.63) is 53.9 Å². The van der Waals surface area contributed by atoms with Crippen molar-refractivity contribution in [3.63, 3.8) is 0 Å². The highest BCUT2D eigenvalue weighted by atomic mass is 15.0. The Morgan fingerprint density at radius 2 is 2.09 bits per heavy atom. The van der Waals surface area contributed by atoms with Crippen molar-refractivity contribution in [2.75, 3.05) is 11.1 Å². The number of aryl methyl sites for hydroxylation is 1. The van der Waals surface area contributed by atoms with Gasteiger partial charge in [0.2, 0.25) is 0 Å². The third-order valence-corrected chi connectivity index (χ3v) is 3.88. The first-order valence-electron chi connectivity index (χ1n) is 7.39. The number of nitrogens with two attached hydrogens (primary N) is 1. The Kier molecular flexibility index (Phi) is 3.08. The third kappa shape index (κ3) is 2.44. The van der Waals surface area contributed by atoms with Gasteiger partial charge in [-0.25, -0.2) is 15.0 Å². The van der Waals surface area contributed by atoms with Crippen molar-refractivity contribution in [2.45, 2.75) is 13.5 Å². The number of fused-ring (bicyclic) bond motifs is 2. The number of H-pyrrole nitrogens is 1. The lowest BCUT2D eigenvalue weighted by atomic mass is 10.1. The molecule has 0 fully saturated rings. The lowest BCUT2D eigenvalue weighted by Crippen LogP contribution is -2.03. The molecular formula is C17H16N6. The second kappa shape index (κ2) is 5.24. The third-order valence-electron chi connectivity index (χ3n) is 3.88. The van der Waals surface area contributed by atoms with Crippen LogP contribution in [0.3, 0.4) is 0 Å². The molecule has 6 nitrogen and oxygen atoms in total. The summed E-state index contributed by atoms with van der Waals surface area (Å²) in [5, 5.41) is 4.56. The number of rotatable bonds is 3. The Hall–Kier alpha value is -3.15. The van der Waals surface area contributed by atoms with Crippen LogP contribution in [0.15, 0.2) is 42.7 Å². The molecule has 3 aromatic heterocycles. The number of hydrogen-bond donors (Lipinski definition) is 3. The fourth-order valence-electron chi connectivity index (χ4n) is 2.77. The average molecular weight is 304 g/mol. The Morgan fingerprint density at radius 1 is 1.17 bits per heavy atom. The maximum atomic E-state index is 5.70. The van der Waals surface area contributed by atoms with Crippen molar-refractivity contribution in [3.8, 4) is 0 Å². The van der Waals surface area contributed by atoms with Crippen molar-refractivity contribution >= 4 is 33.7 Å². The van der Waals surface area contributed by atoms with Gasteiger partial charge < -0.3 is 16.0 Å². The molecule has 4 rings (SSSR count). The van der Waals surface area contributed by atoms with Gasteiger partial charge in [-0.1, -0.05) is 12.1 Å². The Morgan fingerprint density at radius 3 is 3.00 bits per heavy atom. The molecule has 4 N–H and O–H groups in total. The van der Waals surface area contributed by atoms with E-state index in [1.807, 2.05) is 18.3 Å². The molecular weight excluding hydrogens is 288 g/mol. The molecule has 0 amide bonds. The van der Waals surface area contributed by atoms with E-state index < -0.39 is 0 Å². The van der Waals surface area contributed by atoms with Crippen molar-refractivity contribution in [2.24, 2.45) is 0 Å². The van der Waals surface area contributed by atoms with E-state index in [1.54, 1.807) is 12.3 Å². The summed E-state index contributed by atoms with van der Waals surface area (Å²) in [5.74, 6) is 1.12. The largest absolute Gasteiger partial charge is 0.384 e. The summed E-state index contributed by atoms with van der Waals surface area (Å²) < 4.78 is 0. The summed E-state index contributed by atoms with van der Waals surface area (Å²) in [6, 6.07) is 9.77. The standard InChI is InChI=1S/C17H16N6/c1-10-7-19-12-4-2-3-11(16(10)12)8-21-15-9-20-13-5-6-14(18)22-17(13)23-15/h2-7,9,19H,8H2,1H3,(H3,18,21,22,23). The summed E-state index contributed by atoms with van der Waals surface area (Å²) in [4.78, 5) is 16.3. The molecule has 4 aromatic rings.